The number of ketones is 1. The van der Waals surface area contributed by atoms with Crippen LogP contribution in [0.5, 0.6) is 0 Å². The zero-order valence-corrected chi connectivity index (χ0v) is 43.5. The molecule has 8 nitrogen and oxygen atoms in total. The van der Waals surface area contributed by atoms with Gasteiger partial charge in [-0.3, -0.25) is 4.79 Å². The number of benzene rings is 1. The van der Waals surface area contributed by atoms with E-state index in [2.05, 4.69) is 131 Å². The number of ether oxygens (including phenoxy) is 3. The maximum absolute atomic E-state index is 13.9. The summed E-state index contributed by atoms with van der Waals surface area (Å²) in [5, 5.41) is -0.244. The van der Waals surface area contributed by atoms with Crippen molar-refractivity contribution in [2.45, 2.75) is 217 Å². The highest BCUT2D eigenvalue weighted by Crippen LogP contribution is 2.47. The molecule has 0 N–H and O–H groups in total. The Morgan fingerprint density at radius 1 is 0.845 bits per heavy atom. The number of allylic oxidation sites excluding steroid dienone is 1. The van der Waals surface area contributed by atoms with E-state index in [1.807, 2.05) is 12.1 Å². The van der Waals surface area contributed by atoms with Crippen molar-refractivity contribution in [3.05, 3.63) is 59.1 Å². The smallest absolute Gasteiger partial charge is 0.338 e. The summed E-state index contributed by atoms with van der Waals surface area (Å²) in [5.74, 6) is -0.509. The predicted octanol–water partition coefficient (Wildman–Crippen LogP) is 12.7. The van der Waals surface area contributed by atoms with Crippen molar-refractivity contribution in [1.29, 1.82) is 0 Å². The van der Waals surface area contributed by atoms with Gasteiger partial charge in [0.1, 0.15) is 30.5 Å². The highest BCUT2D eigenvalue weighted by Gasteiger charge is 2.57. The highest BCUT2D eigenvalue weighted by molar-refractivity contribution is 9.11. The first-order valence-electron chi connectivity index (χ1n) is 21.6. The van der Waals surface area contributed by atoms with E-state index in [-0.39, 0.29) is 51.7 Å². The van der Waals surface area contributed by atoms with E-state index in [1.165, 1.54) is 0 Å². The summed E-state index contributed by atoms with van der Waals surface area (Å²) in [5.41, 5.74) is 0.466. The number of hydrogen-bond acceptors (Lipinski definition) is 8. The minimum Gasteiger partial charge on any atom is -0.458 e. The van der Waals surface area contributed by atoms with Gasteiger partial charge in [0, 0.05) is 12.8 Å². The molecule has 0 aromatic heterocycles. The topological polar surface area (TPSA) is 89.5 Å². The Labute approximate surface area is 364 Å². The van der Waals surface area contributed by atoms with Crippen LogP contribution in [-0.2, 0) is 32.3 Å². The van der Waals surface area contributed by atoms with Crippen LogP contribution in [0.15, 0.2) is 53.5 Å². The second-order valence-corrected chi connectivity index (χ2v) is 36.6. The zero-order chi connectivity index (χ0) is 44.1. The van der Waals surface area contributed by atoms with Crippen LogP contribution >= 0.6 is 15.9 Å². The molecule has 8 atom stereocenters. The minimum absolute atomic E-state index is 0.0485. The molecule has 2 aliphatic rings. The lowest BCUT2D eigenvalue weighted by Gasteiger charge is -2.56. The van der Waals surface area contributed by atoms with Crippen LogP contribution in [0.1, 0.15) is 125 Å². The minimum atomic E-state index is -2.44. The number of halogens is 1. The first-order valence-corrected chi connectivity index (χ1v) is 31.2. The molecule has 1 aromatic rings. The van der Waals surface area contributed by atoms with Crippen LogP contribution in [0.2, 0.25) is 54.4 Å². The van der Waals surface area contributed by atoms with Crippen LogP contribution in [0.3, 0.4) is 0 Å². The van der Waals surface area contributed by atoms with Gasteiger partial charge in [-0.2, -0.15) is 0 Å². The fourth-order valence-corrected chi connectivity index (χ4v) is 10.9. The molecule has 1 aromatic carbocycles. The second-order valence-electron chi connectivity index (χ2n) is 21.2. The van der Waals surface area contributed by atoms with E-state index in [9.17, 15) is 9.59 Å². The molecule has 330 valence electrons. The number of esters is 1. The van der Waals surface area contributed by atoms with Gasteiger partial charge in [-0.15, -0.1) is 0 Å². The first kappa shape index (κ1) is 51.1. The summed E-state index contributed by atoms with van der Waals surface area (Å²) >= 11 is 3.44. The molecule has 0 radical (unpaired) electrons. The molecule has 1 unspecified atom stereocenters. The van der Waals surface area contributed by atoms with Gasteiger partial charge in [0.15, 0.2) is 30.7 Å². The van der Waals surface area contributed by atoms with Crippen molar-refractivity contribution in [1.82, 2.24) is 0 Å². The summed E-state index contributed by atoms with van der Waals surface area (Å²) < 4.78 is 43.2. The van der Waals surface area contributed by atoms with Crippen LogP contribution in [0.25, 0.3) is 0 Å². The molecular formula is C46H79BrO8Si3. The Kier molecular flexibility index (Phi) is 17.9. The summed E-state index contributed by atoms with van der Waals surface area (Å²) in [7, 11) is -7.24. The number of rotatable bonds is 18. The molecule has 0 amide bonds. The average molecular weight is 924 g/mol. The molecule has 2 heterocycles. The van der Waals surface area contributed by atoms with Crippen LogP contribution in [0, 0.1) is 0 Å². The standard InChI is InChI=1S/C46H79BrO8Si3/c1-18-22-35-28-30-37-39(50-35)41(54-57(14,15)45(6,7)8)42(55-58(16,17)46(9,10)11)40(52-37)38(53-56(12,13)44(3,4)5)29-26-34(48)25-27-36(31-32(2)47)51-43(49)33-23-20-19-21-24-33/h19-21,23-24,26,29,35-42H,2,18,22,25,27-28,30-31H2,1,3-17H3/b29-26+/t35?,36-,37+,38+,39+,40+,41+,42-/m1/s1. The molecule has 3 rings (SSSR count). The maximum atomic E-state index is 13.9. The molecular weight excluding hydrogens is 845 g/mol. The second kappa shape index (κ2) is 20.3. The van der Waals surface area contributed by atoms with Gasteiger partial charge in [0.05, 0.1) is 23.9 Å². The summed E-state index contributed by atoms with van der Waals surface area (Å²) in [6.45, 7) is 40.1. The van der Waals surface area contributed by atoms with Gasteiger partial charge in [0.25, 0.3) is 0 Å². The summed E-state index contributed by atoms with van der Waals surface area (Å²) in [6, 6.07) is 8.90. The zero-order valence-electron chi connectivity index (χ0n) is 39.0. The third-order valence-corrected chi connectivity index (χ3v) is 27.1. The van der Waals surface area contributed by atoms with Crippen molar-refractivity contribution in [2.75, 3.05) is 0 Å². The number of fused-ring (bicyclic) bond motifs is 1. The Morgan fingerprint density at radius 2 is 1.40 bits per heavy atom. The first-order chi connectivity index (χ1) is 26.5. The Hall–Kier alpha value is -1.23. The van der Waals surface area contributed by atoms with Gasteiger partial charge >= 0.3 is 5.97 Å². The van der Waals surface area contributed by atoms with Crippen molar-refractivity contribution in [2.24, 2.45) is 0 Å². The number of hydrogen-bond donors (Lipinski definition) is 0. The lowest BCUT2D eigenvalue weighted by Crippen LogP contribution is -2.69. The van der Waals surface area contributed by atoms with Gasteiger partial charge < -0.3 is 27.5 Å². The van der Waals surface area contributed by atoms with Gasteiger partial charge in [-0.25, -0.2) is 4.79 Å². The molecule has 0 aliphatic carbocycles. The molecule has 12 heteroatoms. The van der Waals surface area contributed by atoms with E-state index in [0.717, 1.165) is 25.7 Å². The van der Waals surface area contributed by atoms with Crippen molar-refractivity contribution >= 4 is 52.6 Å². The largest absolute Gasteiger partial charge is 0.458 e. The van der Waals surface area contributed by atoms with E-state index in [4.69, 9.17) is 27.5 Å². The fraction of sp³-hybridized carbons (Fsp3) is 0.739. The third kappa shape index (κ3) is 13.9. The third-order valence-electron chi connectivity index (χ3n) is 13.4. The quantitative estimate of drug-likeness (QED) is 0.0817. The number of carbonyl (C=O) groups excluding carboxylic acids is 2. The Balaban J connectivity index is 2.11. The maximum Gasteiger partial charge on any atom is 0.338 e. The van der Waals surface area contributed by atoms with Gasteiger partial charge in [-0.1, -0.05) is 122 Å². The lowest BCUT2D eigenvalue weighted by atomic mass is 9.87. The Morgan fingerprint density at radius 3 is 1.91 bits per heavy atom. The average Bonchev–Trinajstić information content (AvgIpc) is 3.08. The molecule has 58 heavy (non-hydrogen) atoms. The Bertz CT molecular complexity index is 1540. The fourth-order valence-electron chi connectivity index (χ4n) is 6.65. The number of carbonyl (C=O) groups is 2. The van der Waals surface area contributed by atoms with Crippen LogP contribution in [-0.4, -0.2) is 85.5 Å². The van der Waals surface area contributed by atoms with E-state index in [1.54, 1.807) is 30.3 Å². The molecule has 0 spiro atoms. The molecule has 0 bridgehead atoms. The van der Waals surface area contributed by atoms with Crippen LogP contribution in [0.4, 0.5) is 0 Å². The summed E-state index contributed by atoms with van der Waals surface area (Å²) in [6.07, 6.45) is 5.39. The van der Waals surface area contributed by atoms with Crippen molar-refractivity contribution in [3.63, 3.8) is 0 Å². The van der Waals surface area contributed by atoms with E-state index < -0.39 is 55.3 Å². The molecule has 0 saturated carbocycles. The van der Waals surface area contributed by atoms with E-state index >= 15 is 0 Å². The molecule has 2 fully saturated rings. The SMILES string of the molecule is C=C(Br)C[C@@H](CCC(=O)/C=C/[C@H](O[Si](C)(C)C(C)(C)C)[C@@H]1O[C@H]2CCC(CCC)O[C@@H]2[C@H](O[Si](C)(C)C(C)(C)C)[C@@H]1O[Si](C)(C)C(C)(C)C)OC(=O)c1ccccc1. The monoisotopic (exact) mass is 922 g/mol. The molecule has 2 aliphatic heterocycles. The van der Waals surface area contributed by atoms with Gasteiger partial charge in [0.2, 0.25) is 0 Å². The predicted molar refractivity (Wildman–Crippen MR) is 249 cm³/mol. The normalized spacial score (nSPS) is 24.9. The van der Waals surface area contributed by atoms with E-state index in [0.29, 0.717) is 22.9 Å². The van der Waals surface area contributed by atoms with Crippen LogP contribution < -0.4 is 0 Å². The van der Waals surface area contributed by atoms with Crippen molar-refractivity contribution in [3.8, 4) is 0 Å². The highest BCUT2D eigenvalue weighted by atomic mass is 79.9. The van der Waals surface area contributed by atoms with Crippen molar-refractivity contribution < 1.29 is 37.1 Å². The summed E-state index contributed by atoms with van der Waals surface area (Å²) in [4.78, 5) is 26.8. The molecule has 2 saturated heterocycles. The van der Waals surface area contributed by atoms with Gasteiger partial charge in [-0.05, 0) is 103 Å². The lowest BCUT2D eigenvalue weighted by molar-refractivity contribution is -0.267.